The molecule has 6 nitrogen and oxygen atoms in total. The Morgan fingerprint density at radius 3 is 2.75 bits per heavy atom. The fourth-order valence-corrected chi connectivity index (χ4v) is 3.06. The van der Waals surface area contributed by atoms with E-state index in [1.165, 1.54) is 12.1 Å². The fourth-order valence-electron chi connectivity index (χ4n) is 2.44. The van der Waals surface area contributed by atoms with Crippen molar-refractivity contribution in [3.8, 4) is 5.75 Å². The van der Waals surface area contributed by atoms with Gasteiger partial charge in [-0.25, -0.2) is 4.39 Å². The number of hydrogen-bond donors (Lipinski definition) is 0. The van der Waals surface area contributed by atoms with Gasteiger partial charge in [0.1, 0.15) is 33.3 Å². The van der Waals surface area contributed by atoms with Crippen molar-refractivity contribution in [2.75, 3.05) is 6.54 Å². The predicted octanol–water partition coefficient (Wildman–Crippen LogP) is 4.10. The maximum Gasteiger partial charge on any atom is 0.144 e. The highest BCUT2D eigenvalue weighted by Crippen LogP contribution is 2.39. The second kappa shape index (κ2) is 6.63. The molecule has 24 heavy (non-hydrogen) atoms. The summed E-state index contributed by atoms with van der Waals surface area (Å²) in [5, 5.41) is 3.57. The molecule has 0 aromatic heterocycles. The van der Waals surface area contributed by atoms with Crippen molar-refractivity contribution >= 4 is 17.1 Å². The van der Waals surface area contributed by atoms with Crippen LogP contribution in [-0.2, 0) is 17.8 Å². The maximum absolute atomic E-state index is 14.0. The quantitative estimate of drug-likeness (QED) is 0.268. The summed E-state index contributed by atoms with van der Waals surface area (Å²) in [6.07, 6.45) is 0.432. The van der Waals surface area contributed by atoms with Crippen molar-refractivity contribution in [1.82, 2.24) is 0 Å². The van der Waals surface area contributed by atoms with Gasteiger partial charge in [0.15, 0.2) is 0 Å². The molecule has 1 aliphatic rings. The van der Waals surface area contributed by atoms with Gasteiger partial charge in [0, 0.05) is 22.5 Å². The summed E-state index contributed by atoms with van der Waals surface area (Å²) in [4.78, 5) is 2.76. The minimum Gasteiger partial charge on any atom is -0.591 e. The highest BCUT2D eigenvalue weighted by molar-refractivity contribution is 7.91. The minimum absolute atomic E-state index is 0.142. The molecule has 0 amide bonds. The first-order valence-corrected chi connectivity index (χ1v) is 8.66. The lowest BCUT2D eigenvalue weighted by molar-refractivity contribution is 0.125. The lowest BCUT2D eigenvalue weighted by Gasteiger charge is -2.22. The van der Waals surface area contributed by atoms with Crippen LogP contribution in [0.15, 0.2) is 21.6 Å². The van der Waals surface area contributed by atoms with Crippen molar-refractivity contribution in [1.29, 1.82) is 0 Å². The molecule has 0 fully saturated rings. The van der Waals surface area contributed by atoms with Gasteiger partial charge in [0.2, 0.25) is 0 Å². The summed E-state index contributed by atoms with van der Waals surface area (Å²) in [6, 6.07) is 2.74. The van der Waals surface area contributed by atoms with E-state index in [2.05, 4.69) is 14.4 Å². The van der Waals surface area contributed by atoms with Gasteiger partial charge in [-0.1, -0.05) is 9.51 Å². The van der Waals surface area contributed by atoms with Gasteiger partial charge in [0.25, 0.3) is 0 Å². The maximum atomic E-state index is 14.0. The molecule has 0 saturated carbocycles. The Kier molecular flexibility index (Phi) is 5.13. The molecule has 2 atom stereocenters. The molecule has 0 bridgehead atoms. The summed E-state index contributed by atoms with van der Waals surface area (Å²) >= 11 is -1.45. The van der Waals surface area contributed by atoms with Gasteiger partial charge in [-0.15, -0.1) is 0 Å². The molecular formula is C16H21FN4O2S. The van der Waals surface area contributed by atoms with E-state index in [1.54, 1.807) is 6.92 Å². The van der Waals surface area contributed by atoms with E-state index in [9.17, 15) is 8.94 Å². The van der Waals surface area contributed by atoms with Gasteiger partial charge in [-0.05, 0) is 52.3 Å². The summed E-state index contributed by atoms with van der Waals surface area (Å²) in [5.41, 5.74) is 9.41. The Balaban J connectivity index is 2.42. The Hall–Kier alpha value is -1.76. The molecule has 1 aliphatic heterocycles. The Labute approximate surface area is 144 Å². The first-order chi connectivity index (χ1) is 11.1. The lowest BCUT2D eigenvalue weighted by Crippen LogP contribution is -2.33. The first-order valence-electron chi connectivity index (χ1n) is 7.56. The van der Waals surface area contributed by atoms with Crippen LogP contribution in [0.4, 0.5) is 4.39 Å². The standard InChI is InChI=1S/C16H21FN4O2S/c1-10(20-24(22)15(2,3)4)13-7-12(17)6-11-8-16(5,9-19-21-18)23-14(11)13/h6-7H,8-9H2,1-5H3/b20-10+/t16-,24-/m1/s1. The number of halogens is 1. The molecular weight excluding hydrogens is 331 g/mol. The summed E-state index contributed by atoms with van der Waals surface area (Å²) in [6.45, 7) is 9.10. The molecule has 0 N–H and O–H groups in total. The van der Waals surface area contributed by atoms with Crippen LogP contribution in [0.25, 0.3) is 10.4 Å². The van der Waals surface area contributed by atoms with E-state index < -0.39 is 27.5 Å². The van der Waals surface area contributed by atoms with Crippen molar-refractivity contribution < 1.29 is 13.7 Å². The van der Waals surface area contributed by atoms with Gasteiger partial charge in [0.05, 0.1) is 12.3 Å². The average Bonchev–Trinajstić information content (AvgIpc) is 2.79. The monoisotopic (exact) mass is 352 g/mol. The van der Waals surface area contributed by atoms with E-state index in [1.807, 2.05) is 27.7 Å². The summed E-state index contributed by atoms with van der Waals surface area (Å²) < 4.78 is 35.9. The van der Waals surface area contributed by atoms with Crippen LogP contribution in [0.2, 0.25) is 0 Å². The highest BCUT2D eigenvalue weighted by Gasteiger charge is 2.37. The minimum atomic E-state index is -1.45. The second-order valence-electron chi connectivity index (χ2n) is 7.10. The number of fused-ring (bicyclic) bond motifs is 1. The smallest absolute Gasteiger partial charge is 0.144 e. The van der Waals surface area contributed by atoms with Crippen LogP contribution >= 0.6 is 0 Å². The van der Waals surface area contributed by atoms with E-state index in [0.717, 1.165) is 0 Å². The van der Waals surface area contributed by atoms with Crippen molar-refractivity contribution in [3.63, 3.8) is 0 Å². The number of azide groups is 1. The second-order valence-corrected chi connectivity index (χ2v) is 9.00. The molecule has 1 aromatic carbocycles. The van der Waals surface area contributed by atoms with Crippen LogP contribution in [-0.4, -0.2) is 27.2 Å². The zero-order valence-electron chi connectivity index (χ0n) is 14.5. The zero-order valence-corrected chi connectivity index (χ0v) is 15.3. The summed E-state index contributed by atoms with van der Waals surface area (Å²) in [7, 11) is 0. The molecule has 0 radical (unpaired) electrons. The molecule has 130 valence electrons. The largest absolute Gasteiger partial charge is 0.591 e. The van der Waals surface area contributed by atoms with Gasteiger partial charge in [-0.3, -0.25) is 0 Å². The number of benzene rings is 1. The van der Waals surface area contributed by atoms with Crippen molar-refractivity contribution in [3.05, 3.63) is 39.5 Å². The number of hydrogen-bond acceptors (Lipinski definition) is 4. The molecule has 1 heterocycles. The third-order valence-electron chi connectivity index (χ3n) is 3.65. The third-order valence-corrected chi connectivity index (χ3v) is 5.13. The molecule has 2 rings (SSSR count). The highest BCUT2D eigenvalue weighted by atomic mass is 32.2. The van der Waals surface area contributed by atoms with Crippen molar-refractivity contribution in [2.24, 2.45) is 9.51 Å². The summed E-state index contributed by atoms with van der Waals surface area (Å²) in [5.74, 6) is 0.107. The lowest BCUT2D eigenvalue weighted by atomic mass is 9.98. The SMILES string of the molecule is C/C(=N\[S@+]([O-])C(C)(C)C)c1cc(F)cc2c1O[C@@](C)(CN=[N+]=[N-])C2. The van der Waals surface area contributed by atoms with E-state index in [4.69, 9.17) is 10.3 Å². The zero-order chi connectivity index (χ0) is 18.1. The number of ether oxygens (including phenoxy) is 1. The van der Waals surface area contributed by atoms with E-state index in [0.29, 0.717) is 29.0 Å². The van der Waals surface area contributed by atoms with Crippen LogP contribution in [0.1, 0.15) is 45.7 Å². The van der Waals surface area contributed by atoms with Gasteiger partial charge < -0.3 is 9.29 Å². The molecule has 0 unspecified atom stereocenters. The Morgan fingerprint density at radius 2 is 2.17 bits per heavy atom. The molecule has 1 aromatic rings. The Morgan fingerprint density at radius 1 is 1.50 bits per heavy atom. The average molecular weight is 352 g/mol. The molecule has 0 spiro atoms. The topological polar surface area (TPSA) is 93.4 Å². The molecule has 0 aliphatic carbocycles. The molecule has 0 saturated heterocycles. The van der Waals surface area contributed by atoms with Crippen LogP contribution in [0.3, 0.4) is 0 Å². The van der Waals surface area contributed by atoms with Crippen LogP contribution in [0, 0.1) is 5.82 Å². The number of rotatable bonds is 4. The number of nitrogens with zero attached hydrogens (tertiary/aromatic N) is 4. The van der Waals surface area contributed by atoms with E-state index in [-0.39, 0.29) is 6.54 Å². The van der Waals surface area contributed by atoms with Crippen LogP contribution < -0.4 is 4.74 Å². The first kappa shape index (κ1) is 18.6. The fraction of sp³-hybridized carbons (Fsp3) is 0.562. The van der Waals surface area contributed by atoms with E-state index >= 15 is 0 Å². The Bertz CT molecular complexity index is 726. The third kappa shape index (κ3) is 4.01. The van der Waals surface area contributed by atoms with Crippen LogP contribution in [0.5, 0.6) is 5.75 Å². The van der Waals surface area contributed by atoms with Crippen molar-refractivity contribution in [2.45, 2.75) is 51.4 Å². The normalized spacial score (nSPS) is 21.7. The van der Waals surface area contributed by atoms with Gasteiger partial charge >= 0.3 is 0 Å². The predicted molar refractivity (Wildman–Crippen MR) is 93.3 cm³/mol. The molecule has 8 heteroatoms. The van der Waals surface area contributed by atoms with Gasteiger partial charge in [-0.2, -0.15) is 0 Å².